The van der Waals surface area contributed by atoms with E-state index in [0.717, 1.165) is 10.5 Å². The van der Waals surface area contributed by atoms with E-state index in [1.165, 1.54) is 4.90 Å². The first-order valence-electron chi connectivity index (χ1n) is 5.62. The lowest BCUT2D eigenvalue weighted by Crippen LogP contribution is -2.16. The van der Waals surface area contributed by atoms with Crippen molar-refractivity contribution < 1.29 is 5.11 Å². The van der Waals surface area contributed by atoms with Crippen LogP contribution in [0.5, 0.6) is 0 Å². The van der Waals surface area contributed by atoms with Crippen LogP contribution < -0.4 is 0 Å². The molecule has 0 aromatic heterocycles. The van der Waals surface area contributed by atoms with E-state index in [2.05, 4.69) is 12.1 Å². The summed E-state index contributed by atoms with van der Waals surface area (Å²) in [6.45, 7) is 3.63. The summed E-state index contributed by atoms with van der Waals surface area (Å²) in [7, 11) is 0. The number of rotatable bonds is 3. The molecule has 0 radical (unpaired) electrons. The zero-order chi connectivity index (χ0) is 12.3. The fraction of sp³-hybridized carbons (Fsp3) is 0.200. The standard InChI is InChI=1S/C15H16OS/c1-15(2,16)13-10-6-7-11-14(13)17-12-8-4-3-5-9-12/h3-11,16H,1-2H3. The van der Waals surface area contributed by atoms with Gasteiger partial charge in [-0.1, -0.05) is 48.2 Å². The lowest BCUT2D eigenvalue weighted by atomic mass is 9.99. The van der Waals surface area contributed by atoms with Gasteiger partial charge < -0.3 is 5.11 Å². The van der Waals surface area contributed by atoms with Gasteiger partial charge >= 0.3 is 0 Å². The predicted octanol–water partition coefficient (Wildman–Crippen LogP) is 4.07. The number of hydrogen-bond acceptors (Lipinski definition) is 2. The molecular formula is C15H16OS. The van der Waals surface area contributed by atoms with Gasteiger partial charge in [-0.2, -0.15) is 0 Å². The number of benzene rings is 2. The second-order valence-corrected chi connectivity index (χ2v) is 5.59. The monoisotopic (exact) mass is 244 g/mol. The smallest absolute Gasteiger partial charge is 0.0851 e. The van der Waals surface area contributed by atoms with Gasteiger partial charge in [0, 0.05) is 9.79 Å². The summed E-state index contributed by atoms with van der Waals surface area (Å²) >= 11 is 1.68. The van der Waals surface area contributed by atoms with Crippen LogP contribution in [0.25, 0.3) is 0 Å². The maximum absolute atomic E-state index is 10.1. The van der Waals surface area contributed by atoms with Crippen LogP contribution in [-0.2, 0) is 5.60 Å². The van der Waals surface area contributed by atoms with Gasteiger partial charge in [0.05, 0.1) is 5.60 Å². The molecule has 1 N–H and O–H groups in total. The van der Waals surface area contributed by atoms with Gasteiger partial charge in [-0.25, -0.2) is 0 Å². The fourth-order valence-corrected chi connectivity index (χ4v) is 2.80. The fourth-order valence-electron chi connectivity index (χ4n) is 1.68. The molecular weight excluding hydrogens is 228 g/mol. The lowest BCUT2D eigenvalue weighted by Gasteiger charge is -2.21. The summed E-state index contributed by atoms with van der Waals surface area (Å²) in [5.74, 6) is 0. The van der Waals surface area contributed by atoms with Gasteiger partial charge in [-0.05, 0) is 37.6 Å². The molecule has 2 rings (SSSR count). The summed E-state index contributed by atoms with van der Waals surface area (Å²) in [6.07, 6.45) is 0. The Bertz CT molecular complexity index is 486. The van der Waals surface area contributed by atoms with E-state index in [1.807, 2.05) is 56.3 Å². The summed E-state index contributed by atoms with van der Waals surface area (Å²) in [5, 5.41) is 10.1. The van der Waals surface area contributed by atoms with Gasteiger partial charge in [-0.3, -0.25) is 0 Å². The highest BCUT2D eigenvalue weighted by Gasteiger charge is 2.19. The Labute approximate surface area is 107 Å². The zero-order valence-corrected chi connectivity index (χ0v) is 10.9. The third kappa shape index (κ3) is 3.11. The summed E-state index contributed by atoms with van der Waals surface area (Å²) in [5.41, 5.74) is 0.159. The highest BCUT2D eigenvalue weighted by atomic mass is 32.2. The normalized spacial score (nSPS) is 11.5. The second kappa shape index (κ2) is 4.94. The van der Waals surface area contributed by atoms with Gasteiger partial charge in [0.25, 0.3) is 0 Å². The highest BCUT2D eigenvalue weighted by Crippen LogP contribution is 2.35. The van der Waals surface area contributed by atoms with Crippen molar-refractivity contribution in [2.24, 2.45) is 0 Å². The van der Waals surface area contributed by atoms with Crippen molar-refractivity contribution in [3.8, 4) is 0 Å². The minimum absolute atomic E-state index is 0.807. The summed E-state index contributed by atoms with van der Waals surface area (Å²) < 4.78 is 0. The van der Waals surface area contributed by atoms with Crippen LogP contribution in [0.1, 0.15) is 19.4 Å². The maximum atomic E-state index is 10.1. The molecule has 0 aliphatic heterocycles. The molecule has 0 amide bonds. The lowest BCUT2D eigenvalue weighted by molar-refractivity contribution is 0.0758. The molecule has 0 fully saturated rings. The molecule has 0 spiro atoms. The highest BCUT2D eigenvalue weighted by molar-refractivity contribution is 7.99. The van der Waals surface area contributed by atoms with Crippen LogP contribution in [0.15, 0.2) is 64.4 Å². The van der Waals surface area contributed by atoms with Crippen molar-refractivity contribution in [1.29, 1.82) is 0 Å². The van der Waals surface area contributed by atoms with Gasteiger partial charge in [-0.15, -0.1) is 0 Å². The first-order valence-corrected chi connectivity index (χ1v) is 6.44. The molecule has 0 aliphatic rings. The van der Waals surface area contributed by atoms with E-state index >= 15 is 0 Å². The topological polar surface area (TPSA) is 20.2 Å². The third-order valence-corrected chi connectivity index (χ3v) is 3.60. The van der Waals surface area contributed by atoms with Crippen molar-refractivity contribution in [3.63, 3.8) is 0 Å². The van der Waals surface area contributed by atoms with Crippen molar-refractivity contribution in [3.05, 3.63) is 60.2 Å². The molecule has 0 aliphatic carbocycles. The van der Waals surface area contributed by atoms with Crippen LogP contribution in [0.4, 0.5) is 0 Å². The first-order chi connectivity index (χ1) is 8.07. The SMILES string of the molecule is CC(C)(O)c1ccccc1Sc1ccccc1. The van der Waals surface area contributed by atoms with Crippen LogP contribution in [-0.4, -0.2) is 5.11 Å². The van der Waals surface area contributed by atoms with Crippen LogP contribution in [0, 0.1) is 0 Å². The minimum atomic E-state index is -0.807. The van der Waals surface area contributed by atoms with Gasteiger partial charge in [0.2, 0.25) is 0 Å². The number of hydrogen-bond donors (Lipinski definition) is 1. The van der Waals surface area contributed by atoms with Gasteiger partial charge in [0.1, 0.15) is 0 Å². The largest absolute Gasteiger partial charge is 0.386 e. The van der Waals surface area contributed by atoms with E-state index in [4.69, 9.17) is 0 Å². The molecule has 2 heteroatoms. The Hall–Kier alpha value is -1.25. The number of aliphatic hydroxyl groups is 1. The molecule has 2 aromatic rings. The molecule has 0 heterocycles. The maximum Gasteiger partial charge on any atom is 0.0851 e. The Kier molecular flexibility index (Phi) is 3.55. The molecule has 2 aromatic carbocycles. The van der Waals surface area contributed by atoms with Crippen LogP contribution >= 0.6 is 11.8 Å². The van der Waals surface area contributed by atoms with Crippen LogP contribution in [0.3, 0.4) is 0 Å². The molecule has 0 atom stereocenters. The first kappa shape index (κ1) is 12.2. The zero-order valence-electron chi connectivity index (χ0n) is 10.1. The molecule has 88 valence electrons. The Morgan fingerprint density at radius 2 is 1.47 bits per heavy atom. The van der Waals surface area contributed by atoms with Crippen molar-refractivity contribution in [2.75, 3.05) is 0 Å². The van der Waals surface area contributed by atoms with E-state index < -0.39 is 5.60 Å². The van der Waals surface area contributed by atoms with Gasteiger partial charge in [0.15, 0.2) is 0 Å². The van der Waals surface area contributed by atoms with E-state index in [9.17, 15) is 5.11 Å². The summed E-state index contributed by atoms with van der Waals surface area (Å²) in [6, 6.07) is 18.2. The molecule has 0 bridgehead atoms. The third-order valence-electron chi connectivity index (χ3n) is 2.52. The molecule has 17 heavy (non-hydrogen) atoms. The quantitative estimate of drug-likeness (QED) is 0.878. The second-order valence-electron chi connectivity index (χ2n) is 4.47. The molecule has 0 saturated heterocycles. The van der Waals surface area contributed by atoms with Crippen molar-refractivity contribution in [2.45, 2.75) is 29.2 Å². The summed E-state index contributed by atoms with van der Waals surface area (Å²) in [4.78, 5) is 2.29. The average molecular weight is 244 g/mol. The van der Waals surface area contributed by atoms with Crippen molar-refractivity contribution >= 4 is 11.8 Å². The van der Waals surface area contributed by atoms with Crippen LogP contribution in [0.2, 0.25) is 0 Å². The average Bonchev–Trinajstić information content (AvgIpc) is 2.30. The van der Waals surface area contributed by atoms with Crippen molar-refractivity contribution in [1.82, 2.24) is 0 Å². The Morgan fingerprint density at radius 1 is 0.882 bits per heavy atom. The Balaban J connectivity index is 2.34. The van der Waals surface area contributed by atoms with E-state index in [-0.39, 0.29) is 0 Å². The molecule has 1 nitrogen and oxygen atoms in total. The van der Waals surface area contributed by atoms with E-state index in [0.29, 0.717) is 0 Å². The molecule has 0 unspecified atom stereocenters. The predicted molar refractivity (Wildman–Crippen MR) is 72.3 cm³/mol. The minimum Gasteiger partial charge on any atom is -0.386 e. The van der Waals surface area contributed by atoms with E-state index in [1.54, 1.807) is 11.8 Å². The Morgan fingerprint density at radius 3 is 2.12 bits per heavy atom. The molecule has 0 saturated carbocycles.